The summed E-state index contributed by atoms with van der Waals surface area (Å²) in [4.78, 5) is 26.5. The molecule has 0 spiro atoms. The molecule has 0 bridgehead atoms. The van der Waals surface area contributed by atoms with E-state index >= 15 is 0 Å². The lowest BCUT2D eigenvalue weighted by Crippen LogP contribution is -2.35. The van der Waals surface area contributed by atoms with Gasteiger partial charge in [0.15, 0.2) is 5.78 Å². The molecule has 1 amide bonds. The van der Waals surface area contributed by atoms with Gasteiger partial charge in [-0.3, -0.25) is 9.59 Å². The van der Waals surface area contributed by atoms with Crippen LogP contribution in [0, 0.1) is 6.92 Å². The van der Waals surface area contributed by atoms with Crippen molar-refractivity contribution in [3.8, 4) is 0 Å². The van der Waals surface area contributed by atoms with Crippen LogP contribution in [0.3, 0.4) is 0 Å². The van der Waals surface area contributed by atoms with E-state index in [1.54, 1.807) is 0 Å². The number of aromatic nitrogens is 1. The van der Waals surface area contributed by atoms with Crippen molar-refractivity contribution in [2.75, 3.05) is 13.1 Å². The summed E-state index contributed by atoms with van der Waals surface area (Å²) < 4.78 is 2.09. The number of carbonyl (C=O) groups excluding carboxylic acids is 2. The maximum absolute atomic E-state index is 12.6. The van der Waals surface area contributed by atoms with Crippen LogP contribution in [0.15, 0.2) is 6.07 Å². The molecule has 0 saturated carbocycles. The van der Waals surface area contributed by atoms with Crippen molar-refractivity contribution in [3.05, 3.63) is 23.0 Å². The Labute approximate surface area is 119 Å². The molecule has 1 aliphatic heterocycles. The predicted octanol–water partition coefficient (Wildman–Crippen LogP) is 2.50. The monoisotopic (exact) mass is 274 g/mol. The molecule has 0 aromatic carbocycles. The van der Waals surface area contributed by atoms with Gasteiger partial charge in [0, 0.05) is 36.5 Å². The minimum atomic E-state index is -0.192. The molecular weight excluding hydrogens is 252 g/mol. The second-order valence-electron chi connectivity index (χ2n) is 6.00. The van der Waals surface area contributed by atoms with Gasteiger partial charge in [-0.2, -0.15) is 0 Å². The third-order valence-electron chi connectivity index (χ3n) is 4.62. The zero-order chi connectivity index (χ0) is 14.3. The Morgan fingerprint density at radius 2 is 1.90 bits per heavy atom. The Morgan fingerprint density at radius 3 is 2.60 bits per heavy atom. The molecular formula is C16H22N2O2. The lowest BCUT2D eigenvalue weighted by atomic mass is 9.96. The molecule has 4 nitrogen and oxygen atoms in total. The molecule has 108 valence electrons. The molecule has 1 aromatic rings. The first-order valence-electron chi connectivity index (χ1n) is 7.62. The fourth-order valence-corrected chi connectivity index (χ4v) is 3.60. The van der Waals surface area contributed by atoms with Crippen LogP contribution >= 0.6 is 0 Å². The zero-order valence-corrected chi connectivity index (χ0v) is 12.3. The highest BCUT2D eigenvalue weighted by atomic mass is 16.2. The molecule has 0 radical (unpaired) electrons. The number of fused-ring (bicyclic) bond motifs is 1. The van der Waals surface area contributed by atoms with Crippen molar-refractivity contribution in [1.29, 1.82) is 0 Å². The molecule has 3 rings (SSSR count). The maximum Gasteiger partial charge on any atom is 0.245 e. The van der Waals surface area contributed by atoms with E-state index in [1.165, 1.54) is 0 Å². The van der Waals surface area contributed by atoms with Crippen molar-refractivity contribution < 1.29 is 9.59 Å². The van der Waals surface area contributed by atoms with Gasteiger partial charge in [-0.05, 0) is 45.6 Å². The highest BCUT2D eigenvalue weighted by molar-refractivity contribution is 5.98. The molecule has 1 aromatic heterocycles. The van der Waals surface area contributed by atoms with Gasteiger partial charge in [-0.25, -0.2) is 0 Å². The number of hydrogen-bond donors (Lipinski definition) is 0. The van der Waals surface area contributed by atoms with Crippen LogP contribution in [0.25, 0.3) is 0 Å². The molecule has 1 fully saturated rings. The van der Waals surface area contributed by atoms with Crippen LogP contribution in [-0.2, 0) is 11.2 Å². The minimum absolute atomic E-state index is 0.192. The fraction of sp³-hybridized carbons (Fsp3) is 0.625. The molecule has 1 atom stereocenters. The zero-order valence-electron chi connectivity index (χ0n) is 12.3. The predicted molar refractivity (Wildman–Crippen MR) is 77.0 cm³/mol. The van der Waals surface area contributed by atoms with Gasteiger partial charge >= 0.3 is 0 Å². The standard InChI is InChI=1S/C16H22N2O2/c1-11-10-13-14(6-5-7-15(13)19)18(11)12(2)16(20)17-8-3-4-9-17/h10,12H,3-9H2,1-2H3. The first-order chi connectivity index (χ1) is 9.59. The molecule has 1 unspecified atom stereocenters. The maximum atomic E-state index is 12.6. The Morgan fingerprint density at radius 1 is 1.20 bits per heavy atom. The summed E-state index contributed by atoms with van der Waals surface area (Å²) in [7, 11) is 0. The van der Waals surface area contributed by atoms with E-state index in [4.69, 9.17) is 0 Å². The SMILES string of the molecule is Cc1cc2c(n1C(C)C(=O)N1CCCC1)CCCC2=O. The molecule has 0 N–H and O–H groups in total. The molecule has 1 saturated heterocycles. The summed E-state index contributed by atoms with van der Waals surface area (Å²) in [6, 6.07) is 1.77. The van der Waals surface area contributed by atoms with Crippen LogP contribution < -0.4 is 0 Å². The lowest BCUT2D eigenvalue weighted by Gasteiger charge is -2.25. The average molecular weight is 274 g/mol. The van der Waals surface area contributed by atoms with E-state index in [2.05, 4.69) is 4.57 Å². The van der Waals surface area contributed by atoms with E-state index in [1.807, 2.05) is 24.8 Å². The summed E-state index contributed by atoms with van der Waals surface area (Å²) in [5.74, 6) is 0.427. The van der Waals surface area contributed by atoms with Crippen LogP contribution in [-0.4, -0.2) is 34.2 Å². The Bertz CT molecular complexity index is 553. The Kier molecular flexibility index (Phi) is 3.40. The number of amides is 1. The van der Waals surface area contributed by atoms with Crippen molar-refractivity contribution in [1.82, 2.24) is 9.47 Å². The van der Waals surface area contributed by atoms with E-state index < -0.39 is 0 Å². The molecule has 2 heterocycles. The number of Topliss-reactive ketones (excluding diaryl/α,β-unsaturated/α-hetero) is 1. The first-order valence-corrected chi connectivity index (χ1v) is 7.62. The topological polar surface area (TPSA) is 42.3 Å². The number of nitrogens with zero attached hydrogens (tertiary/aromatic N) is 2. The summed E-state index contributed by atoms with van der Waals surface area (Å²) >= 11 is 0. The van der Waals surface area contributed by atoms with Gasteiger partial charge in [0.25, 0.3) is 0 Å². The largest absolute Gasteiger partial charge is 0.341 e. The van der Waals surface area contributed by atoms with Gasteiger partial charge < -0.3 is 9.47 Å². The quantitative estimate of drug-likeness (QED) is 0.831. The third kappa shape index (κ3) is 2.07. The average Bonchev–Trinajstić information content (AvgIpc) is 3.05. The summed E-state index contributed by atoms with van der Waals surface area (Å²) in [5.41, 5.74) is 2.94. The highest BCUT2D eigenvalue weighted by Crippen LogP contribution is 2.29. The van der Waals surface area contributed by atoms with Crippen molar-refractivity contribution in [2.24, 2.45) is 0 Å². The minimum Gasteiger partial charge on any atom is -0.341 e. The van der Waals surface area contributed by atoms with Crippen LogP contribution in [0.2, 0.25) is 0 Å². The van der Waals surface area contributed by atoms with Crippen LogP contribution in [0.5, 0.6) is 0 Å². The van der Waals surface area contributed by atoms with Crippen molar-refractivity contribution in [3.63, 3.8) is 0 Å². The third-order valence-corrected chi connectivity index (χ3v) is 4.62. The van der Waals surface area contributed by atoms with E-state index in [0.717, 1.165) is 55.7 Å². The van der Waals surface area contributed by atoms with E-state index in [9.17, 15) is 9.59 Å². The number of carbonyl (C=O) groups is 2. The van der Waals surface area contributed by atoms with Gasteiger partial charge in [0.1, 0.15) is 6.04 Å². The van der Waals surface area contributed by atoms with Crippen molar-refractivity contribution in [2.45, 2.75) is 52.0 Å². The van der Waals surface area contributed by atoms with Gasteiger partial charge in [0.2, 0.25) is 5.91 Å². The first kappa shape index (κ1) is 13.4. The Balaban J connectivity index is 1.93. The van der Waals surface area contributed by atoms with Crippen LogP contribution in [0.4, 0.5) is 0 Å². The molecule has 2 aliphatic rings. The second-order valence-corrected chi connectivity index (χ2v) is 6.00. The Hall–Kier alpha value is -1.58. The second kappa shape index (κ2) is 5.08. The number of rotatable bonds is 2. The number of likely N-dealkylation sites (tertiary alicyclic amines) is 1. The molecule has 1 aliphatic carbocycles. The van der Waals surface area contributed by atoms with Gasteiger partial charge in [0.05, 0.1) is 0 Å². The van der Waals surface area contributed by atoms with E-state index in [0.29, 0.717) is 6.42 Å². The van der Waals surface area contributed by atoms with Gasteiger partial charge in [-0.15, -0.1) is 0 Å². The number of ketones is 1. The van der Waals surface area contributed by atoms with Gasteiger partial charge in [-0.1, -0.05) is 0 Å². The summed E-state index contributed by atoms with van der Waals surface area (Å²) in [5, 5.41) is 0. The van der Waals surface area contributed by atoms with Crippen molar-refractivity contribution >= 4 is 11.7 Å². The normalized spacial score (nSPS) is 20.1. The van der Waals surface area contributed by atoms with Crippen LogP contribution in [0.1, 0.15) is 60.4 Å². The van der Waals surface area contributed by atoms with E-state index in [-0.39, 0.29) is 17.7 Å². The smallest absolute Gasteiger partial charge is 0.245 e. The summed E-state index contributed by atoms with van der Waals surface area (Å²) in [6.07, 6.45) is 4.68. The fourth-order valence-electron chi connectivity index (χ4n) is 3.60. The molecule has 20 heavy (non-hydrogen) atoms. The lowest BCUT2D eigenvalue weighted by molar-refractivity contribution is -0.133. The summed E-state index contributed by atoms with van der Waals surface area (Å²) in [6.45, 7) is 5.72. The highest BCUT2D eigenvalue weighted by Gasteiger charge is 2.30. The molecule has 4 heteroatoms. The number of hydrogen-bond acceptors (Lipinski definition) is 2. The number of aryl methyl sites for hydroxylation is 1.